The monoisotopic (exact) mass is 254 g/mol. The van der Waals surface area contributed by atoms with Gasteiger partial charge in [0.1, 0.15) is 5.69 Å². The molecule has 0 radical (unpaired) electrons. The van der Waals surface area contributed by atoms with Crippen molar-refractivity contribution in [3.05, 3.63) is 16.7 Å². The average molecular weight is 254 g/mol. The molecule has 98 valence electrons. The quantitative estimate of drug-likeness (QED) is 0.634. The standard InChI is InChI=1S/C10H14N4O4/c11-8-9(12-5-13-10(8)17)14-1-2-18-4-6(14)3-7(15)16/h5-6H,1-4,11H2,(H,15,16)(H,12,13,17). The van der Waals surface area contributed by atoms with E-state index < -0.39 is 11.5 Å². The van der Waals surface area contributed by atoms with Crippen LogP contribution in [0.3, 0.4) is 0 Å². The summed E-state index contributed by atoms with van der Waals surface area (Å²) in [4.78, 5) is 30.3. The molecule has 0 bridgehead atoms. The second-order valence-electron chi connectivity index (χ2n) is 3.99. The van der Waals surface area contributed by atoms with Crippen LogP contribution in [0.4, 0.5) is 11.5 Å². The minimum absolute atomic E-state index is 0.00483. The number of nitrogens with two attached hydrogens (primary N) is 1. The lowest BCUT2D eigenvalue weighted by Crippen LogP contribution is -2.47. The van der Waals surface area contributed by atoms with Gasteiger partial charge in [0, 0.05) is 6.54 Å². The molecule has 1 aromatic heterocycles. The van der Waals surface area contributed by atoms with E-state index in [4.69, 9.17) is 15.6 Å². The summed E-state index contributed by atoms with van der Waals surface area (Å²) < 4.78 is 5.25. The predicted octanol–water partition coefficient (Wildman–Crippen LogP) is -0.968. The Morgan fingerprint density at radius 1 is 1.72 bits per heavy atom. The molecule has 1 fully saturated rings. The van der Waals surface area contributed by atoms with Gasteiger partial charge in [-0.3, -0.25) is 9.59 Å². The lowest BCUT2D eigenvalue weighted by atomic mass is 10.1. The van der Waals surface area contributed by atoms with Crippen LogP contribution in [0.25, 0.3) is 0 Å². The van der Waals surface area contributed by atoms with E-state index in [2.05, 4.69) is 9.97 Å². The summed E-state index contributed by atoms with van der Waals surface area (Å²) >= 11 is 0. The van der Waals surface area contributed by atoms with Crippen LogP contribution in [0.5, 0.6) is 0 Å². The lowest BCUT2D eigenvalue weighted by molar-refractivity contribution is -0.138. The van der Waals surface area contributed by atoms with Crippen molar-refractivity contribution in [1.82, 2.24) is 9.97 Å². The summed E-state index contributed by atoms with van der Waals surface area (Å²) in [6.07, 6.45) is 1.16. The smallest absolute Gasteiger partial charge is 0.305 e. The molecule has 1 aliphatic rings. The summed E-state index contributed by atoms with van der Waals surface area (Å²) in [5, 5.41) is 8.85. The fourth-order valence-corrected chi connectivity index (χ4v) is 1.93. The average Bonchev–Trinajstić information content (AvgIpc) is 2.33. The highest BCUT2D eigenvalue weighted by Crippen LogP contribution is 2.22. The number of carbonyl (C=O) groups is 1. The van der Waals surface area contributed by atoms with Crippen LogP contribution in [-0.2, 0) is 9.53 Å². The number of carboxylic acids is 1. The number of aromatic nitrogens is 2. The fourth-order valence-electron chi connectivity index (χ4n) is 1.93. The van der Waals surface area contributed by atoms with E-state index in [1.54, 1.807) is 4.90 Å². The molecule has 0 saturated carbocycles. The first-order chi connectivity index (χ1) is 8.59. The molecular formula is C10H14N4O4. The van der Waals surface area contributed by atoms with Crippen LogP contribution in [0.15, 0.2) is 11.1 Å². The number of aliphatic carboxylic acids is 1. The van der Waals surface area contributed by atoms with Crippen molar-refractivity contribution in [3.63, 3.8) is 0 Å². The lowest BCUT2D eigenvalue weighted by Gasteiger charge is -2.35. The third kappa shape index (κ3) is 2.43. The zero-order valence-corrected chi connectivity index (χ0v) is 9.63. The van der Waals surface area contributed by atoms with Crippen LogP contribution >= 0.6 is 0 Å². The topological polar surface area (TPSA) is 122 Å². The van der Waals surface area contributed by atoms with Crippen molar-refractivity contribution in [1.29, 1.82) is 0 Å². The van der Waals surface area contributed by atoms with Gasteiger partial charge in [0.2, 0.25) is 0 Å². The molecule has 0 aromatic carbocycles. The Labute approximate surface area is 102 Å². The minimum atomic E-state index is -0.932. The maximum absolute atomic E-state index is 11.4. The first kappa shape index (κ1) is 12.4. The van der Waals surface area contributed by atoms with Gasteiger partial charge < -0.3 is 25.5 Å². The van der Waals surface area contributed by atoms with Gasteiger partial charge in [0.15, 0.2) is 5.82 Å². The number of nitrogens with zero attached hydrogens (tertiary/aromatic N) is 2. The van der Waals surface area contributed by atoms with Crippen molar-refractivity contribution in [3.8, 4) is 0 Å². The summed E-state index contributed by atoms with van der Waals surface area (Å²) in [5.74, 6) is -0.618. The van der Waals surface area contributed by atoms with Crippen LogP contribution in [0, 0.1) is 0 Å². The molecule has 0 spiro atoms. The SMILES string of the molecule is Nc1c(N2CCOCC2CC(=O)O)nc[nH]c1=O. The van der Waals surface area contributed by atoms with E-state index in [0.717, 1.165) is 0 Å². The van der Waals surface area contributed by atoms with Gasteiger partial charge in [0.25, 0.3) is 5.56 Å². The fraction of sp³-hybridized carbons (Fsp3) is 0.500. The number of H-pyrrole nitrogens is 1. The van der Waals surface area contributed by atoms with E-state index in [1.807, 2.05) is 0 Å². The Morgan fingerprint density at radius 2 is 2.50 bits per heavy atom. The molecule has 8 nitrogen and oxygen atoms in total. The number of morpholine rings is 1. The molecule has 8 heteroatoms. The Balaban J connectivity index is 2.30. The number of hydrogen-bond acceptors (Lipinski definition) is 6. The Morgan fingerprint density at radius 3 is 3.22 bits per heavy atom. The molecule has 1 aliphatic heterocycles. The summed E-state index contributed by atoms with van der Waals surface area (Å²) in [5.41, 5.74) is 5.24. The Hall–Kier alpha value is -2.09. The zero-order valence-electron chi connectivity index (χ0n) is 9.63. The first-order valence-electron chi connectivity index (χ1n) is 5.49. The number of aromatic amines is 1. The number of hydrogen-bond donors (Lipinski definition) is 3. The van der Waals surface area contributed by atoms with E-state index in [9.17, 15) is 9.59 Å². The minimum Gasteiger partial charge on any atom is -0.481 e. The summed E-state index contributed by atoms with van der Waals surface area (Å²) in [6.45, 7) is 1.18. The van der Waals surface area contributed by atoms with Crippen molar-refractivity contribution in [2.24, 2.45) is 0 Å². The third-order valence-corrected chi connectivity index (χ3v) is 2.78. The molecule has 1 atom stereocenters. The van der Waals surface area contributed by atoms with Gasteiger partial charge in [-0.05, 0) is 0 Å². The van der Waals surface area contributed by atoms with E-state index >= 15 is 0 Å². The van der Waals surface area contributed by atoms with Crippen molar-refractivity contribution in [2.75, 3.05) is 30.4 Å². The first-order valence-corrected chi connectivity index (χ1v) is 5.49. The number of anilines is 2. The van der Waals surface area contributed by atoms with E-state index in [0.29, 0.717) is 19.0 Å². The predicted molar refractivity (Wildman–Crippen MR) is 63.5 cm³/mol. The molecule has 1 aromatic rings. The molecule has 18 heavy (non-hydrogen) atoms. The normalized spacial score (nSPS) is 19.8. The molecule has 1 unspecified atom stereocenters. The van der Waals surface area contributed by atoms with Gasteiger partial charge in [0.05, 0.1) is 32.0 Å². The zero-order chi connectivity index (χ0) is 13.1. The second kappa shape index (κ2) is 5.05. The van der Waals surface area contributed by atoms with Gasteiger partial charge in [-0.1, -0.05) is 0 Å². The number of rotatable bonds is 3. The van der Waals surface area contributed by atoms with Crippen LogP contribution in [-0.4, -0.2) is 46.8 Å². The van der Waals surface area contributed by atoms with Crippen molar-refractivity contribution < 1.29 is 14.6 Å². The Kier molecular flexibility index (Phi) is 3.47. The Bertz CT molecular complexity index is 501. The molecule has 2 heterocycles. The second-order valence-corrected chi connectivity index (χ2v) is 3.99. The van der Waals surface area contributed by atoms with Crippen LogP contribution < -0.4 is 16.2 Å². The van der Waals surface area contributed by atoms with Crippen molar-refractivity contribution in [2.45, 2.75) is 12.5 Å². The van der Waals surface area contributed by atoms with Gasteiger partial charge >= 0.3 is 5.97 Å². The molecule has 2 rings (SSSR count). The maximum Gasteiger partial charge on any atom is 0.305 e. The third-order valence-electron chi connectivity index (χ3n) is 2.78. The largest absolute Gasteiger partial charge is 0.481 e. The van der Waals surface area contributed by atoms with Crippen molar-refractivity contribution >= 4 is 17.5 Å². The molecular weight excluding hydrogens is 240 g/mol. The highest BCUT2D eigenvalue weighted by molar-refractivity contribution is 5.69. The number of nitrogen functional groups attached to an aromatic ring is 1. The number of nitrogens with one attached hydrogen (secondary N) is 1. The van der Waals surface area contributed by atoms with E-state index in [-0.39, 0.29) is 24.8 Å². The maximum atomic E-state index is 11.4. The van der Waals surface area contributed by atoms with Gasteiger partial charge in [-0.25, -0.2) is 4.98 Å². The molecule has 0 amide bonds. The molecule has 0 aliphatic carbocycles. The summed E-state index contributed by atoms with van der Waals surface area (Å²) in [7, 11) is 0. The highest BCUT2D eigenvalue weighted by atomic mass is 16.5. The van der Waals surface area contributed by atoms with Crippen LogP contribution in [0.2, 0.25) is 0 Å². The summed E-state index contributed by atoms with van der Waals surface area (Å²) in [6, 6.07) is -0.368. The number of carboxylic acid groups (broad SMARTS) is 1. The van der Waals surface area contributed by atoms with Crippen LogP contribution in [0.1, 0.15) is 6.42 Å². The van der Waals surface area contributed by atoms with Gasteiger partial charge in [-0.2, -0.15) is 0 Å². The molecule has 4 N–H and O–H groups in total. The van der Waals surface area contributed by atoms with E-state index in [1.165, 1.54) is 6.33 Å². The molecule has 1 saturated heterocycles. The highest BCUT2D eigenvalue weighted by Gasteiger charge is 2.28. The van der Waals surface area contributed by atoms with Gasteiger partial charge in [-0.15, -0.1) is 0 Å². The number of ether oxygens (including phenoxy) is 1.